The lowest BCUT2D eigenvalue weighted by molar-refractivity contribution is 1.01. The fourth-order valence-electron chi connectivity index (χ4n) is 7.17. The molecule has 0 atom stereocenters. The second-order valence-electron chi connectivity index (χ2n) is 11.8. The maximum atomic E-state index is 5.48. The maximum Gasteiger partial charge on any atom is 0.235 e. The third kappa shape index (κ3) is 3.71. The minimum Gasteiger partial charge on any atom is -0.278 e. The lowest BCUT2D eigenvalue weighted by Crippen LogP contribution is -2.03. The fraction of sp³-hybridized carbons (Fsp3) is 0. The first kappa shape index (κ1) is 25.5. The van der Waals surface area contributed by atoms with E-state index in [-0.39, 0.29) is 0 Å². The highest BCUT2D eigenvalue weighted by atomic mass is 32.1. The fourth-order valence-corrected chi connectivity index (χ4v) is 8.28. The summed E-state index contributed by atoms with van der Waals surface area (Å²) in [6.45, 7) is 0. The Hall–Kier alpha value is -5.84. The van der Waals surface area contributed by atoms with Crippen molar-refractivity contribution in [3.05, 3.63) is 152 Å². The molecule has 0 saturated carbocycles. The minimum absolute atomic E-state index is 0.674. The van der Waals surface area contributed by atoms with Gasteiger partial charge < -0.3 is 0 Å². The summed E-state index contributed by atoms with van der Waals surface area (Å²) in [7, 11) is 0. The number of rotatable bonds is 3. The van der Waals surface area contributed by atoms with Gasteiger partial charge in [-0.15, -0.1) is 11.3 Å². The van der Waals surface area contributed by atoms with Gasteiger partial charge in [0.25, 0.3) is 0 Å². The van der Waals surface area contributed by atoms with Crippen LogP contribution < -0.4 is 0 Å². The van der Waals surface area contributed by atoms with Crippen molar-refractivity contribution in [3.8, 4) is 28.3 Å². The maximum absolute atomic E-state index is 5.48. The van der Waals surface area contributed by atoms with Gasteiger partial charge in [0.1, 0.15) is 0 Å². The first-order valence-corrected chi connectivity index (χ1v) is 16.3. The van der Waals surface area contributed by atoms with Crippen LogP contribution in [0, 0.1) is 0 Å². The molecule has 0 radical (unpaired) electrons. The van der Waals surface area contributed by atoms with Crippen LogP contribution in [-0.2, 0) is 0 Å². The van der Waals surface area contributed by atoms with Crippen molar-refractivity contribution in [1.82, 2.24) is 14.5 Å². The summed E-state index contributed by atoms with van der Waals surface area (Å²) in [6.07, 6.45) is 0. The highest BCUT2D eigenvalue weighted by Gasteiger charge is 2.21. The normalized spacial score (nSPS) is 11.9. The zero-order valence-corrected chi connectivity index (χ0v) is 25.5. The lowest BCUT2D eigenvalue weighted by Gasteiger charge is -2.14. The first-order chi connectivity index (χ1) is 22.8. The van der Waals surface area contributed by atoms with Gasteiger partial charge in [-0.05, 0) is 58.3 Å². The van der Waals surface area contributed by atoms with Gasteiger partial charge in [-0.2, -0.15) is 0 Å². The van der Waals surface area contributed by atoms with Crippen LogP contribution in [0.4, 0.5) is 0 Å². The molecule has 10 rings (SSSR count). The van der Waals surface area contributed by atoms with Gasteiger partial charge in [0.15, 0.2) is 0 Å². The van der Waals surface area contributed by atoms with Crippen molar-refractivity contribution in [1.29, 1.82) is 0 Å². The SMILES string of the molecule is c1ccc(-c2cccc(-c3nc(-n4c5ccccc5c5c6c(ccc54)sc4ccccc46)nc4ccc5ccccc5c34)c2)cc1. The van der Waals surface area contributed by atoms with Crippen molar-refractivity contribution in [2.75, 3.05) is 0 Å². The average molecular weight is 604 g/mol. The van der Waals surface area contributed by atoms with E-state index < -0.39 is 0 Å². The molecule has 4 heteroatoms. The number of benzene rings is 7. The van der Waals surface area contributed by atoms with Crippen molar-refractivity contribution in [2.45, 2.75) is 0 Å². The zero-order valence-electron chi connectivity index (χ0n) is 24.7. The lowest BCUT2D eigenvalue weighted by atomic mass is 9.97. The number of hydrogen-bond donors (Lipinski definition) is 0. The quantitative estimate of drug-likeness (QED) is 0.188. The van der Waals surface area contributed by atoms with Crippen LogP contribution >= 0.6 is 11.3 Å². The Bertz CT molecular complexity index is 2810. The number of fused-ring (bicyclic) bond motifs is 10. The number of hydrogen-bond acceptors (Lipinski definition) is 3. The van der Waals surface area contributed by atoms with Crippen molar-refractivity contribution < 1.29 is 0 Å². The number of para-hydroxylation sites is 1. The Morgan fingerprint density at radius 3 is 2.09 bits per heavy atom. The molecular formula is C42H25N3S. The van der Waals surface area contributed by atoms with Crippen molar-refractivity contribution >= 4 is 75.0 Å². The topological polar surface area (TPSA) is 30.7 Å². The summed E-state index contributed by atoms with van der Waals surface area (Å²) < 4.78 is 4.85. The highest BCUT2D eigenvalue weighted by molar-refractivity contribution is 7.26. The molecule has 46 heavy (non-hydrogen) atoms. The van der Waals surface area contributed by atoms with E-state index in [2.05, 4.69) is 156 Å². The summed E-state index contributed by atoms with van der Waals surface area (Å²) in [6, 6.07) is 54.0. The monoisotopic (exact) mass is 603 g/mol. The van der Waals surface area contributed by atoms with Gasteiger partial charge in [0, 0.05) is 41.9 Å². The van der Waals surface area contributed by atoms with Gasteiger partial charge in [-0.3, -0.25) is 4.57 Å². The largest absolute Gasteiger partial charge is 0.278 e. The van der Waals surface area contributed by atoms with Crippen molar-refractivity contribution in [3.63, 3.8) is 0 Å². The minimum atomic E-state index is 0.674. The molecule has 0 aliphatic rings. The van der Waals surface area contributed by atoms with E-state index in [1.54, 1.807) is 0 Å². The number of nitrogens with zero attached hydrogens (tertiary/aromatic N) is 3. The average Bonchev–Trinajstić information content (AvgIpc) is 3.67. The second kappa shape index (κ2) is 9.83. The summed E-state index contributed by atoms with van der Waals surface area (Å²) in [5.41, 5.74) is 7.49. The Morgan fingerprint density at radius 1 is 0.435 bits per heavy atom. The Kier molecular flexibility index (Phi) is 5.45. The molecular weight excluding hydrogens is 579 g/mol. The summed E-state index contributed by atoms with van der Waals surface area (Å²) >= 11 is 1.85. The summed E-state index contributed by atoms with van der Waals surface area (Å²) in [4.78, 5) is 10.8. The van der Waals surface area contributed by atoms with Crippen molar-refractivity contribution in [2.24, 2.45) is 0 Å². The smallest absolute Gasteiger partial charge is 0.235 e. The molecule has 0 N–H and O–H groups in total. The third-order valence-corrected chi connectivity index (χ3v) is 10.3. The predicted octanol–water partition coefficient (Wildman–Crippen LogP) is 11.6. The molecule has 0 aliphatic carbocycles. The standard InChI is InChI=1S/C42H25N3S/c1-2-11-26(12-3-1)28-14-10-15-29(25-28)41-38-30-16-5-4-13-27(30)21-22-33(38)43-42(44-41)45-34-19-8-6-17-31(34)39-35(45)23-24-37-40(39)32-18-7-9-20-36(32)46-37/h1-25H. The molecule has 10 aromatic rings. The Balaban J connectivity index is 1.33. The number of thiophene rings is 1. The molecule has 0 spiro atoms. The molecule has 0 aliphatic heterocycles. The van der Waals surface area contributed by atoms with Crippen LogP contribution in [0.5, 0.6) is 0 Å². The molecule has 0 fully saturated rings. The van der Waals surface area contributed by atoms with Crippen LogP contribution in [0.1, 0.15) is 0 Å². The second-order valence-corrected chi connectivity index (χ2v) is 12.9. The molecule has 0 amide bonds. The molecule has 214 valence electrons. The van der Waals surface area contributed by atoms with Crippen LogP contribution in [0.15, 0.2) is 152 Å². The van der Waals surface area contributed by atoms with E-state index in [9.17, 15) is 0 Å². The first-order valence-electron chi connectivity index (χ1n) is 15.5. The molecule has 3 nitrogen and oxygen atoms in total. The summed E-state index contributed by atoms with van der Waals surface area (Å²) in [5.74, 6) is 0.674. The molecule has 3 heterocycles. The zero-order chi connectivity index (χ0) is 30.2. The van der Waals surface area contributed by atoms with E-state index in [4.69, 9.17) is 9.97 Å². The third-order valence-electron chi connectivity index (χ3n) is 9.20. The van der Waals surface area contributed by atoms with Crippen LogP contribution in [0.3, 0.4) is 0 Å². The van der Waals surface area contributed by atoms with Crippen LogP contribution in [-0.4, -0.2) is 14.5 Å². The van der Waals surface area contributed by atoms with E-state index in [0.717, 1.165) is 44.1 Å². The summed E-state index contributed by atoms with van der Waals surface area (Å²) in [5, 5.41) is 8.45. The molecule has 0 saturated heterocycles. The van der Waals surface area contributed by atoms with Gasteiger partial charge in [-0.25, -0.2) is 9.97 Å². The molecule has 3 aromatic heterocycles. The van der Waals surface area contributed by atoms with E-state index in [1.165, 1.54) is 41.9 Å². The van der Waals surface area contributed by atoms with E-state index in [0.29, 0.717) is 5.95 Å². The van der Waals surface area contributed by atoms with Crippen LogP contribution in [0.2, 0.25) is 0 Å². The molecule has 7 aromatic carbocycles. The van der Waals surface area contributed by atoms with Crippen LogP contribution in [0.25, 0.3) is 92.0 Å². The van der Waals surface area contributed by atoms with Gasteiger partial charge in [0.2, 0.25) is 5.95 Å². The Morgan fingerprint density at radius 2 is 1.17 bits per heavy atom. The van der Waals surface area contributed by atoms with Gasteiger partial charge in [0.05, 0.1) is 22.2 Å². The molecule has 0 unspecified atom stereocenters. The van der Waals surface area contributed by atoms with E-state index in [1.807, 2.05) is 11.3 Å². The van der Waals surface area contributed by atoms with Gasteiger partial charge >= 0.3 is 0 Å². The molecule has 0 bridgehead atoms. The number of aromatic nitrogens is 3. The highest BCUT2D eigenvalue weighted by Crippen LogP contribution is 2.43. The van der Waals surface area contributed by atoms with Gasteiger partial charge in [-0.1, -0.05) is 115 Å². The predicted molar refractivity (Wildman–Crippen MR) is 195 cm³/mol. The Labute approximate surface area is 268 Å². The van der Waals surface area contributed by atoms with E-state index >= 15 is 0 Å².